The molecular formula is C78H57BrN6O3. The zero-order valence-corrected chi connectivity index (χ0v) is 49.4. The second-order valence-corrected chi connectivity index (χ2v) is 24.1. The van der Waals surface area contributed by atoms with Crippen LogP contribution in [-0.4, -0.2) is 31.2 Å². The van der Waals surface area contributed by atoms with Gasteiger partial charge in [-0.2, -0.15) is 0 Å². The fraction of sp³-hybridized carbons (Fsp3) is 0.0769. The van der Waals surface area contributed by atoms with Crippen molar-refractivity contribution in [3.8, 4) is 11.4 Å². The highest BCUT2D eigenvalue weighted by Gasteiger charge is 2.23. The van der Waals surface area contributed by atoms with Gasteiger partial charge in [0.15, 0.2) is 0 Å². The molecule has 0 spiro atoms. The van der Waals surface area contributed by atoms with Crippen LogP contribution in [0.3, 0.4) is 0 Å². The Morgan fingerprint density at radius 3 is 1.09 bits per heavy atom. The maximum absolute atomic E-state index is 6.22. The molecule has 2 atom stereocenters. The summed E-state index contributed by atoms with van der Waals surface area (Å²) in [6.07, 6.45) is 4.80. The quantitative estimate of drug-likeness (QED) is 0.137. The number of H-pyrrole nitrogens is 2. The van der Waals surface area contributed by atoms with Crippen LogP contribution in [0.5, 0.6) is 0 Å². The molecule has 19 aromatic rings. The Morgan fingerprint density at radius 1 is 0.318 bits per heavy atom. The van der Waals surface area contributed by atoms with Crippen LogP contribution in [0.2, 0.25) is 0 Å². The highest BCUT2D eigenvalue weighted by Crippen LogP contribution is 2.44. The summed E-state index contributed by atoms with van der Waals surface area (Å²) >= 11 is 3.46. The zero-order valence-electron chi connectivity index (χ0n) is 47.8. The zero-order chi connectivity index (χ0) is 58.6. The fourth-order valence-corrected chi connectivity index (χ4v) is 14.2. The monoisotopic (exact) mass is 1200 g/mol. The number of para-hydroxylation sites is 7. The summed E-state index contributed by atoms with van der Waals surface area (Å²) in [5, 5.41) is 16.8. The molecule has 88 heavy (non-hydrogen) atoms. The molecule has 0 unspecified atom stereocenters. The number of aromatic amines is 2. The molecule has 1 aliphatic rings. The molecule has 0 radical (unpaired) electrons. The maximum Gasteiger partial charge on any atom is 0.135 e. The molecule has 1 aliphatic carbocycles. The van der Waals surface area contributed by atoms with E-state index in [-0.39, 0.29) is 12.1 Å². The smallest absolute Gasteiger partial charge is 0.135 e. The number of hydrogen-bond acceptors (Lipinski definition) is 5. The Balaban J connectivity index is 0.000000116. The van der Waals surface area contributed by atoms with Crippen LogP contribution in [0.25, 0.3) is 164 Å². The molecule has 0 aliphatic heterocycles. The lowest BCUT2D eigenvalue weighted by molar-refractivity contribution is 0.385. The van der Waals surface area contributed by atoms with Gasteiger partial charge in [0.05, 0.1) is 33.1 Å². The van der Waals surface area contributed by atoms with Crippen molar-refractivity contribution < 1.29 is 13.3 Å². The van der Waals surface area contributed by atoms with E-state index < -0.39 is 0 Å². The minimum Gasteiger partial charge on any atom is -0.456 e. The maximum atomic E-state index is 6.22. The number of nitrogens with one attached hydrogen (secondary N) is 2. The molecule has 7 heterocycles. The van der Waals surface area contributed by atoms with Gasteiger partial charge in [0.1, 0.15) is 33.5 Å². The topological polar surface area (TPSA) is 133 Å². The fourth-order valence-electron chi connectivity index (χ4n) is 13.9. The van der Waals surface area contributed by atoms with Crippen LogP contribution < -0.4 is 11.5 Å². The van der Waals surface area contributed by atoms with Gasteiger partial charge in [0.25, 0.3) is 0 Å². The summed E-state index contributed by atoms with van der Waals surface area (Å²) in [4.78, 5) is 7.10. The minimum absolute atomic E-state index is 0.281. The predicted octanol–water partition coefficient (Wildman–Crippen LogP) is 21.2. The first-order valence-electron chi connectivity index (χ1n) is 30.1. The number of hydrogen-bond donors (Lipinski definition) is 4. The van der Waals surface area contributed by atoms with Crippen LogP contribution in [0.15, 0.2) is 266 Å². The van der Waals surface area contributed by atoms with Crippen LogP contribution >= 0.6 is 15.9 Å². The highest BCUT2D eigenvalue weighted by atomic mass is 79.9. The summed E-state index contributed by atoms with van der Waals surface area (Å²) < 4.78 is 24.1. The summed E-state index contributed by atoms with van der Waals surface area (Å²) in [5.41, 5.74) is 28.5. The first-order valence-corrected chi connectivity index (χ1v) is 30.9. The van der Waals surface area contributed by atoms with Gasteiger partial charge in [-0.15, -0.1) is 0 Å². The first kappa shape index (κ1) is 52.0. The second-order valence-electron chi connectivity index (χ2n) is 23.2. The lowest BCUT2D eigenvalue weighted by Gasteiger charge is -2.24. The molecule has 0 amide bonds. The lowest BCUT2D eigenvalue weighted by atomic mass is 9.92. The van der Waals surface area contributed by atoms with Gasteiger partial charge in [-0.25, -0.2) is 0 Å². The number of halogens is 1. The number of nitrogens with two attached hydrogens (primary N) is 2. The number of nitrogens with zero attached hydrogens (tertiary/aromatic N) is 2. The highest BCUT2D eigenvalue weighted by molar-refractivity contribution is 9.10. The summed E-state index contributed by atoms with van der Waals surface area (Å²) in [6, 6.07) is 87.8. The summed E-state index contributed by atoms with van der Waals surface area (Å²) in [5.74, 6) is 0. The van der Waals surface area contributed by atoms with Crippen molar-refractivity contribution in [1.29, 1.82) is 0 Å². The van der Waals surface area contributed by atoms with Crippen LogP contribution in [0.1, 0.15) is 25.7 Å². The first-order chi connectivity index (χ1) is 43.4. The van der Waals surface area contributed by atoms with E-state index >= 15 is 0 Å². The average Bonchev–Trinajstić information content (AvgIpc) is 1.58. The second kappa shape index (κ2) is 21.0. The van der Waals surface area contributed by atoms with Gasteiger partial charge < -0.3 is 43.8 Å². The largest absolute Gasteiger partial charge is 0.456 e. The van der Waals surface area contributed by atoms with Crippen molar-refractivity contribution >= 4 is 169 Å². The molecule has 0 bridgehead atoms. The SMILES string of the molecule is Brc1ccc2oc3ccccc3c2c1.N[C@@H]1CCCC[C@H]1N.c1ccc2c(c1)[nH]c1c2ccc2c3ccccc3[nH]c21.c1ccc2c(c1)oc1ccc(-n3c4ccccc4c4ccc5c6ccccc6n(-c6ccc7oc8ccccc8c7c6)c5c43)cc12. The molecule has 6 N–H and O–H groups in total. The molecule has 9 nitrogen and oxygen atoms in total. The van der Waals surface area contributed by atoms with Gasteiger partial charge in [0, 0.05) is 114 Å². The number of aromatic nitrogens is 4. The Labute approximate surface area is 512 Å². The Morgan fingerprint density at radius 2 is 0.659 bits per heavy atom. The number of furan rings is 3. The molecule has 10 heteroatoms. The number of rotatable bonds is 2. The summed E-state index contributed by atoms with van der Waals surface area (Å²) in [7, 11) is 0. The van der Waals surface area contributed by atoms with Crippen LogP contribution in [0, 0.1) is 0 Å². The molecule has 0 saturated heterocycles. The molecular weight excluding hydrogens is 1150 g/mol. The van der Waals surface area contributed by atoms with Gasteiger partial charge in [-0.1, -0.05) is 180 Å². The van der Waals surface area contributed by atoms with Gasteiger partial charge in [-0.05, 0) is 110 Å². The third-order valence-electron chi connectivity index (χ3n) is 18.1. The Kier molecular flexibility index (Phi) is 12.4. The number of fused-ring (bicyclic) bond motifs is 23. The number of benzene rings is 12. The molecule has 20 rings (SSSR count). The standard InChI is InChI=1S/C42H24N2O2.C18H12N2.C12H7BrO.C6H14N2/c1-5-13-35-27(9-1)31-19-20-32-28-10-2-6-14-36(28)44(26-18-22-40-34(24-26)30-12-4-8-16-38(30)46-40)42(32)41(31)43(35)25-17-21-39-33(23-25)29-11-3-7-15-37(29)45-39;1-3-7-15-11(5-1)13-9-10-14-12-6-2-4-8-16(12)20-18(14)17(13)19-15;13-8-5-6-12-10(7-8)9-3-1-2-4-11(9)14-12;7-5-3-1-2-4-6(5)8/h1-24H;1-10,19-20H;1-7H;5-6H,1-4,7-8H2/t;;;5-,6-/m...1/s1. The molecule has 424 valence electrons. The van der Waals surface area contributed by atoms with Crippen LogP contribution in [0.4, 0.5) is 0 Å². The van der Waals surface area contributed by atoms with Gasteiger partial charge >= 0.3 is 0 Å². The van der Waals surface area contributed by atoms with E-state index in [1.807, 2.05) is 54.6 Å². The van der Waals surface area contributed by atoms with E-state index in [2.05, 4.69) is 229 Å². The van der Waals surface area contributed by atoms with Crippen molar-refractivity contribution in [3.63, 3.8) is 0 Å². The lowest BCUT2D eigenvalue weighted by Crippen LogP contribution is -2.43. The third kappa shape index (κ3) is 8.50. The van der Waals surface area contributed by atoms with Crippen molar-refractivity contribution in [3.05, 3.63) is 253 Å². The third-order valence-corrected chi connectivity index (χ3v) is 18.6. The minimum atomic E-state index is 0.281. The van der Waals surface area contributed by atoms with Crippen molar-refractivity contribution in [1.82, 2.24) is 19.1 Å². The van der Waals surface area contributed by atoms with E-state index in [1.165, 1.54) is 105 Å². The molecule has 12 aromatic carbocycles. The van der Waals surface area contributed by atoms with Crippen LogP contribution in [-0.2, 0) is 0 Å². The Hall–Kier alpha value is -10.4. The van der Waals surface area contributed by atoms with E-state index in [1.54, 1.807) is 0 Å². The molecule has 1 fully saturated rings. The average molecular weight is 1210 g/mol. The van der Waals surface area contributed by atoms with E-state index in [0.29, 0.717) is 0 Å². The van der Waals surface area contributed by atoms with E-state index in [0.717, 1.165) is 89.1 Å². The molecule has 7 aromatic heterocycles. The van der Waals surface area contributed by atoms with E-state index in [4.69, 9.17) is 24.7 Å². The van der Waals surface area contributed by atoms with Crippen molar-refractivity contribution in [2.45, 2.75) is 37.8 Å². The van der Waals surface area contributed by atoms with Gasteiger partial charge in [-0.3, -0.25) is 0 Å². The van der Waals surface area contributed by atoms with Crippen molar-refractivity contribution in [2.24, 2.45) is 11.5 Å². The Bertz CT molecular complexity index is 5620. The molecule has 1 saturated carbocycles. The predicted molar refractivity (Wildman–Crippen MR) is 371 cm³/mol. The van der Waals surface area contributed by atoms with Crippen molar-refractivity contribution in [2.75, 3.05) is 0 Å². The summed E-state index contributed by atoms with van der Waals surface area (Å²) in [6.45, 7) is 0. The van der Waals surface area contributed by atoms with Gasteiger partial charge in [0.2, 0.25) is 0 Å². The van der Waals surface area contributed by atoms with E-state index in [9.17, 15) is 0 Å². The normalized spacial score (nSPS) is 14.6.